The molecule has 6 rings (SSSR count). The maximum atomic E-state index is 6.36. The minimum atomic E-state index is -1.55. The van der Waals surface area contributed by atoms with Crippen molar-refractivity contribution in [2.75, 3.05) is 0 Å². The molecule has 0 unspecified atom stereocenters. The molecule has 0 fully saturated rings. The van der Waals surface area contributed by atoms with Gasteiger partial charge in [-0.1, -0.05) is 85.9 Å². The Morgan fingerprint density at radius 1 is 0.881 bits per heavy atom. The molecule has 5 heteroatoms. The number of aryl methyl sites for hydroxylation is 2. The van der Waals surface area contributed by atoms with Gasteiger partial charge in [-0.3, -0.25) is 0 Å². The van der Waals surface area contributed by atoms with Gasteiger partial charge in [-0.15, -0.1) is 53.2 Å². The van der Waals surface area contributed by atoms with E-state index in [1.165, 1.54) is 32.6 Å². The summed E-state index contributed by atoms with van der Waals surface area (Å²) < 4.78 is 6.36. The first-order chi connectivity index (χ1) is 19.6. The monoisotopic (exact) mass is 747 g/mol. The third kappa shape index (κ3) is 6.98. The molecule has 3 aromatic heterocycles. The van der Waals surface area contributed by atoms with Crippen LogP contribution in [0.15, 0.2) is 89.6 Å². The van der Waals surface area contributed by atoms with E-state index in [2.05, 4.69) is 101 Å². The second-order valence-corrected chi connectivity index (χ2v) is 17.3. The Balaban J connectivity index is 0.000000243. The Morgan fingerprint density at radius 3 is 2.31 bits per heavy atom. The Morgan fingerprint density at radius 2 is 1.64 bits per heavy atom. The third-order valence-corrected chi connectivity index (χ3v) is 9.28. The molecule has 0 N–H and O–H groups in total. The zero-order valence-electron chi connectivity index (χ0n) is 25.5. The Labute approximate surface area is 264 Å². The number of para-hydroxylation sites is 1. The summed E-state index contributed by atoms with van der Waals surface area (Å²) in [5.41, 5.74) is 9.62. The van der Waals surface area contributed by atoms with E-state index >= 15 is 0 Å². The molecule has 0 bridgehead atoms. The van der Waals surface area contributed by atoms with Crippen molar-refractivity contribution in [3.63, 3.8) is 0 Å². The summed E-state index contributed by atoms with van der Waals surface area (Å²) in [7, 11) is -1.55. The van der Waals surface area contributed by atoms with Crippen LogP contribution in [0.25, 0.3) is 44.5 Å². The van der Waals surface area contributed by atoms with Gasteiger partial charge in [-0.25, -0.2) is 0 Å². The van der Waals surface area contributed by atoms with Crippen molar-refractivity contribution >= 4 is 35.2 Å². The SMILES string of the molecule is Cc1cc(-c2[c-]cc([Si](C)(C)C)c3c2oc2ccccc23)ncc1CC(C)C.Cc1ccnc(-c2[c-]cccc2)c1.[Ir]. The molecule has 0 amide bonds. The van der Waals surface area contributed by atoms with Crippen LogP contribution in [-0.4, -0.2) is 18.0 Å². The largest absolute Gasteiger partial charge is 0.501 e. The van der Waals surface area contributed by atoms with Gasteiger partial charge in [0.2, 0.25) is 0 Å². The molecule has 0 aliphatic heterocycles. The molecule has 0 aliphatic carbocycles. The summed E-state index contributed by atoms with van der Waals surface area (Å²) in [6, 6.07) is 31.3. The van der Waals surface area contributed by atoms with Crippen LogP contribution in [0.3, 0.4) is 0 Å². The van der Waals surface area contributed by atoms with Crippen molar-refractivity contribution < 1.29 is 24.5 Å². The smallest absolute Gasteiger partial charge is 0.120 e. The standard InChI is InChI=1S/C25H28NOSi.C12H10N.Ir/c1-16(2)13-18-15-26-21(14-17(18)3)19-11-12-23(28(4,5)6)24-20-9-7-8-10-22(20)27-25(19)24;1-10-7-8-13-12(9-10)11-5-3-2-4-6-11;/h7-10,12,14-16H,13H2,1-6H3;2-5,7-9H,1H3;/q2*-1;. The summed E-state index contributed by atoms with van der Waals surface area (Å²) in [6.45, 7) is 15.9. The summed E-state index contributed by atoms with van der Waals surface area (Å²) >= 11 is 0. The summed E-state index contributed by atoms with van der Waals surface area (Å²) in [6.07, 6.45) is 4.91. The van der Waals surface area contributed by atoms with E-state index in [-0.39, 0.29) is 20.1 Å². The van der Waals surface area contributed by atoms with E-state index in [9.17, 15) is 0 Å². The number of fused-ring (bicyclic) bond motifs is 3. The van der Waals surface area contributed by atoms with Gasteiger partial charge < -0.3 is 14.4 Å². The molecule has 3 nitrogen and oxygen atoms in total. The minimum absolute atomic E-state index is 0. The van der Waals surface area contributed by atoms with Gasteiger partial charge >= 0.3 is 0 Å². The summed E-state index contributed by atoms with van der Waals surface area (Å²) in [4.78, 5) is 9.07. The van der Waals surface area contributed by atoms with Crippen molar-refractivity contribution in [3.05, 3.63) is 114 Å². The molecule has 42 heavy (non-hydrogen) atoms. The fourth-order valence-corrected chi connectivity index (χ4v) is 6.67. The minimum Gasteiger partial charge on any atom is -0.501 e. The molecule has 3 heterocycles. The number of rotatable bonds is 5. The van der Waals surface area contributed by atoms with Gasteiger partial charge in [-0.05, 0) is 55.3 Å². The van der Waals surface area contributed by atoms with Crippen LogP contribution < -0.4 is 5.19 Å². The van der Waals surface area contributed by atoms with E-state index < -0.39 is 8.07 Å². The Bertz CT molecular complexity index is 1800. The molecule has 0 aliphatic rings. The van der Waals surface area contributed by atoms with Crippen LogP contribution in [0.5, 0.6) is 0 Å². The van der Waals surface area contributed by atoms with E-state index in [0.29, 0.717) is 5.92 Å². The zero-order chi connectivity index (χ0) is 29.1. The van der Waals surface area contributed by atoms with Crippen LogP contribution in [0, 0.1) is 31.9 Å². The number of hydrogen-bond donors (Lipinski definition) is 0. The average Bonchev–Trinajstić information content (AvgIpc) is 3.33. The fourth-order valence-electron chi connectivity index (χ4n) is 5.16. The van der Waals surface area contributed by atoms with Gasteiger partial charge in [0.1, 0.15) is 5.58 Å². The maximum Gasteiger partial charge on any atom is 0.120 e. The quantitative estimate of drug-likeness (QED) is 0.130. The number of benzene rings is 3. The molecule has 0 saturated heterocycles. The Kier molecular flexibility index (Phi) is 9.99. The predicted octanol–water partition coefficient (Wildman–Crippen LogP) is 9.36. The van der Waals surface area contributed by atoms with Crippen molar-refractivity contribution in [1.82, 2.24) is 9.97 Å². The van der Waals surface area contributed by atoms with Crippen LogP contribution in [0.4, 0.5) is 0 Å². The number of pyridine rings is 2. The van der Waals surface area contributed by atoms with Crippen molar-refractivity contribution in [2.45, 2.75) is 53.8 Å². The molecule has 6 aromatic rings. The first kappa shape index (κ1) is 31.6. The molecular formula is C37H38IrN2OSi-2. The second kappa shape index (κ2) is 13.3. The van der Waals surface area contributed by atoms with Crippen LogP contribution in [0.2, 0.25) is 19.6 Å². The van der Waals surface area contributed by atoms with Crippen LogP contribution >= 0.6 is 0 Å². The number of nitrogens with zero attached hydrogens (tertiary/aromatic N) is 2. The zero-order valence-corrected chi connectivity index (χ0v) is 28.9. The molecular weight excluding hydrogens is 709 g/mol. The van der Waals surface area contributed by atoms with E-state index in [1.54, 1.807) is 0 Å². The first-order valence-electron chi connectivity index (χ1n) is 14.3. The molecule has 1 radical (unpaired) electrons. The van der Waals surface area contributed by atoms with Crippen LogP contribution in [0.1, 0.15) is 30.5 Å². The van der Waals surface area contributed by atoms with E-state index in [4.69, 9.17) is 9.40 Å². The van der Waals surface area contributed by atoms with E-state index in [0.717, 1.165) is 40.1 Å². The van der Waals surface area contributed by atoms with Crippen molar-refractivity contribution in [2.24, 2.45) is 5.92 Å². The summed E-state index contributed by atoms with van der Waals surface area (Å²) in [5.74, 6) is 0.621. The van der Waals surface area contributed by atoms with Gasteiger partial charge in [-0.2, -0.15) is 0 Å². The molecule has 217 valence electrons. The van der Waals surface area contributed by atoms with Crippen molar-refractivity contribution in [1.29, 1.82) is 0 Å². The van der Waals surface area contributed by atoms with Gasteiger partial charge in [0.05, 0.1) is 5.58 Å². The average molecular weight is 747 g/mol. The first-order valence-corrected chi connectivity index (χ1v) is 17.8. The molecule has 0 saturated carbocycles. The number of hydrogen-bond acceptors (Lipinski definition) is 3. The topological polar surface area (TPSA) is 38.9 Å². The molecule has 3 aromatic carbocycles. The molecule has 0 atom stereocenters. The normalized spacial score (nSPS) is 11.3. The fraction of sp³-hybridized carbons (Fsp3) is 0.243. The number of aromatic nitrogens is 2. The predicted molar refractivity (Wildman–Crippen MR) is 175 cm³/mol. The van der Waals surface area contributed by atoms with E-state index in [1.807, 2.05) is 48.8 Å². The third-order valence-electron chi connectivity index (χ3n) is 7.26. The van der Waals surface area contributed by atoms with Gasteiger partial charge in [0.15, 0.2) is 0 Å². The number of furan rings is 1. The van der Waals surface area contributed by atoms with Crippen LogP contribution in [-0.2, 0) is 26.5 Å². The molecule has 0 spiro atoms. The Hall–Kier alpha value is -3.37. The van der Waals surface area contributed by atoms with Crippen molar-refractivity contribution in [3.8, 4) is 22.5 Å². The second-order valence-electron chi connectivity index (χ2n) is 12.2. The maximum absolute atomic E-state index is 6.36. The van der Waals surface area contributed by atoms with Gasteiger partial charge in [0.25, 0.3) is 0 Å². The van der Waals surface area contributed by atoms with Gasteiger partial charge in [0, 0.05) is 46.0 Å². The summed E-state index contributed by atoms with van der Waals surface area (Å²) in [5, 5.41) is 3.83.